The number of nitrogens with one attached hydrogen (secondary N) is 1. The minimum atomic E-state index is -0.314. The number of rotatable bonds is 3. The third-order valence-electron chi connectivity index (χ3n) is 2.94. The first-order valence-corrected chi connectivity index (χ1v) is 6.19. The Morgan fingerprint density at radius 2 is 1.95 bits per heavy atom. The molecule has 0 aliphatic heterocycles. The van der Waals surface area contributed by atoms with Crippen LogP contribution in [0.4, 0.5) is 21.7 Å². The number of halogens is 1. The number of anilines is 3. The van der Waals surface area contributed by atoms with E-state index in [0.29, 0.717) is 17.2 Å². The van der Waals surface area contributed by atoms with Gasteiger partial charge in [0.15, 0.2) is 11.5 Å². The van der Waals surface area contributed by atoms with E-state index in [0.717, 1.165) is 5.82 Å². The summed E-state index contributed by atoms with van der Waals surface area (Å²) in [5, 5.41) is 7.46. The molecule has 0 amide bonds. The smallest absolute Gasteiger partial charge is 0.156 e. The average molecular weight is 271 g/mol. The molecule has 2 heterocycles. The lowest BCUT2D eigenvalue weighted by atomic mass is 10.3. The molecule has 1 aromatic carbocycles. The predicted octanol–water partition coefficient (Wildman–Crippen LogP) is 2.68. The van der Waals surface area contributed by atoms with E-state index in [9.17, 15) is 4.39 Å². The highest BCUT2D eigenvalue weighted by Gasteiger charge is 2.08. The summed E-state index contributed by atoms with van der Waals surface area (Å²) in [6.07, 6.45) is 1.63. The molecule has 5 nitrogen and oxygen atoms in total. The minimum absolute atomic E-state index is 0.314. The van der Waals surface area contributed by atoms with Gasteiger partial charge in [0.05, 0.1) is 11.9 Å². The van der Waals surface area contributed by atoms with Crippen molar-refractivity contribution in [2.75, 3.05) is 24.3 Å². The molecule has 20 heavy (non-hydrogen) atoms. The highest BCUT2D eigenvalue weighted by molar-refractivity contribution is 5.60. The fourth-order valence-electron chi connectivity index (χ4n) is 1.89. The van der Waals surface area contributed by atoms with E-state index < -0.39 is 0 Å². The number of fused-ring (bicyclic) bond motifs is 1. The van der Waals surface area contributed by atoms with Crippen molar-refractivity contribution in [1.29, 1.82) is 0 Å². The summed E-state index contributed by atoms with van der Waals surface area (Å²) in [4.78, 5) is 6.14. The standard InChI is InChI=1S/C14H14FN5/c1-19(2)13-8-7-12-16-9-14(20(12)18-13)17-11-6-4-3-5-10(11)15/h3-9,17H,1-2H3. The van der Waals surface area contributed by atoms with Crippen molar-refractivity contribution in [3.8, 4) is 0 Å². The van der Waals surface area contributed by atoms with Crippen LogP contribution in [0.1, 0.15) is 0 Å². The van der Waals surface area contributed by atoms with E-state index in [-0.39, 0.29) is 5.82 Å². The maximum Gasteiger partial charge on any atom is 0.156 e. The molecule has 0 aliphatic rings. The number of aromatic nitrogens is 3. The average Bonchev–Trinajstić information content (AvgIpc) is 2.84. The van der Waals surface area contributed by atoms with Crippen molar-refractivity contribution in [1.82, 2.24) is 14.6 Å². The van der Waals surface area contributed by atoms with Crippen LogP contribution in [0.3, 0.4) is 0 Å². The van der Waals surface area contributed by atoms with Gasteiger partial charge in [0.25, 0.3) is 0 Å². The summed E-state index contributed by atoms with van der Waals surface area (Å²) in [5.74, 6) is 1.10. The van der Waals surface area contributed by atoms with Gasteiger partial charge >= 0.3 is 0 Å². The Bertz CT molecular complexity index is 750. The molecule has 0 bridgehead atoms. The normalized spacial score (nSPS) is 10.8. The molecule has 0 unspecified atom stereocenters. The fourth-order valence-corrected chi connectivity index (χ4v) is 1.89. The summed E-state index contributed by atoms with van der Waals surface area (Å²) in [5.41, 5.74) is 1.10. The summed E-state index contributed by atoms with van der Waals surface area (Å²) in [6, 6.07) is 10.3. The van der Waals surface area contributed by atoms with Gasteiger partial charge in [-0.3, -0.25) is 0 Å². The van der Waals surface area contributed by atoms with Crippen molar-refractivity contribution in [2.45, 2.75) is 0 Å². The van der Waals surface area contributed by atoms with Crippen molar-refractivity contribution < 1.29 is 4.39 Å². The van der Waals surface area contributed by atoms with E-state index in [1.54, 1.807) is 28.9 Å². The van der Waals surface area contributed by atoms with Gasteiger partial charge in [-0.25, -0.2) is 9.37 Å². The van der Waals surface area contributed by atoms with Crippen LogP contribution in [0.5, 0.6) is 0 Å². The lowest BCUT2D eigenvalue weighted by Gasteiger charge is -2.12. The largest absolute Gasteiger partial charge is 0.361 e. The molecule has 0 fully saturated rings. The second-order valence-corrected chi connectivity index (χ2v) is 4.60. The molecule has 0 radical (unpaired) electrons. The van der Waals surface area contributed by atoms with Gasteiger partial charge in [-0.1, -0.05) is 12.1 Å². The van der Waals surface area contributed by atoms with Crippen molar-refractivity contribution in [3.05, 3.63) is 48.4 Å². The van der Waals surface area contributed by atoms with Crippen molar-refractivity contribution in [3.63, 3.8) is 0 Å². The molecule has 3 aromatic rings. The third-order valence-corrected chi connectivity index (χ3v) is 2.94. The first-order chi connectivity index (χ1) is 9.65. The van der Waals surface area contributed by atoms with Crippen LogP contribution in [0.15, 0.2) is 42.6 Å². The SMILES string of the molecule is CN(C)c1ccc2ncc(Nc3ccccc3F)n2n1. The fraction of sp³-hybridized carbons (Fsp3) is 0.143. The Morgan fingerprint density at radius 3 is 2.70 bits per heavy atom. The van der Waals surface area contributed by atoms with Crippen LogP contribution in [0, 0.1) is 5.82 Å². The van der Waals surface area contributed by atoms with Crippen LogP contribution in [-0.2, 0) is 0 Å². The number of para-hydroxylation sites is 1. The lowest BCUT2D eigenvalue weighted by Crippen LogP contribution is -2.12. The van der Waals surface area contributed by atoms with Gasteiger partial charge in [-0.15, -0.1) is 5.10 Å². The molecule has 1 N–H and O–H groups in total. The van der Waals surface area contributed by atoms with E-state index in [1.165, 1.54) is 6.07 Å². The topological polar surface area (TPSA) is 45.5 Å². The maximum absolute atomic E-state index is 13.7. The van der Waals surface area contributed by atoms with Crippen LogP contribution < -0.4 is 10.2 Å². The summed E-state index contributed by atoms with van der Waals surface area (Å²) < 4.78 is 15.3. The third kappa shape index (κ3) is 2.16. The number of hydrogen-bond acceptors (Lipinski definition) is 4. The number of nitrogens with zero attached hydrogens (tertiary/aromatic N) is 4. The van der Waals surface area contributed by atoms with Crippen molar-refractivity contribution >= 4 is 23.0 Å². The second-order valence-electron chi connectivity index (χ2n) is 4.60. The van der Waals surface area contributed by atoms with Crippen LogP contribution in [-0.4, -0.2) is 28.7 Å². The molecule has 0 aliphatic carbocycles. The van der Waals surface area contributed by atoms with Gasteiger partial charge in [0.2, 0.25) is 0 Å². The first-order valence-electron chi connectivity index (χ1n) is 6.19. The Hall–Kier alpha value is -2.63. The van der Waals surface area contributed by atoms with Gasteiger partial charge < -0.3 is 10.2 Å². The Morgan fingerprint density at radius 1 is 1.15 bits per heavy atom. The first kappa shape index (κ1) is 12.4. The molecule has 3 rings (SSSR count). The van der Waals surface area contributed by atoms with E-state index in [4.69, 9.17) is 0 Å². The number of benzene rings is 1. The summed E-state index contributed by atoms with van der Waals surface area (Å²) in [6.45, 7) is 0. The predicted molar refractivity (Wildman–Crippen MR) is 77.0 cm³/mol. The molecule has 0 saturated heterocycles. The quantitative estimate of drug-likeness (QED) is 0.795. The van der Waals surface area contributed by atoms with Crippen molar-refractivity contribution in [2.24, 2.45) is 0 Å². The molecule has 102 valence electrons. The highest BCUT2D eigenvalue weighted by Crippen LogP contribution is 2.21. The molecule has 6 heteroatoms. The molecule has 0 spiro atoms. The molecule has 0 saturated carbocycles. The van der Waals surface area contributed by atoms with Gasteiger partial charge in [-0.05, 0) is 24.3 Å². The van der Waals surface area contributed by atoms with E-state index in [2.05, 4.69) is 15.4 Å². The molecular formula is C14H14FN5. The Kier molecular flexibility index (Phi) is 2.98. The maximum atomic E-state index is 13.7. The van der Waals surface area contributed by atoms with Crippen LogP contribution >= 0.6 is 0 Å². The van der Waals surface area contributed by atoms with Crippen LogP contribution in [0.2, 0.25) is 0 Å². The van der Waals surface area contributed by atoms with E-state index in [1.807, 2.05) is 31.1 Å². The number of hydrogen-bond donors (Lipinski definition) is 1. The summed E-state index contributed by atoms with van der Waals surface area (Å²) in [7, 11) is 3.82. The molecule has 0 atom stereocenters. The van der Waals surface area contributed by atoms with E-state index >= 15 is 0 Å². The zero-order valence-electron chi connectivity index (χ0n) is 11.2. The summed E-state index contributed by atoms with van der Waals surface area (Å²) >= 11 is 0. The molecular weight excluding hydrogens is 257 g/mol. The monoisotopic (exact) mass is 271 g/mol. The Labute approximate surface area is 115 Å². The Balaban J connectivity index is 2.03. The highest BCUT2D eigenvalue weighted by atomic mass is 19.1. The van der Waals surface area contributed by atoms with Crippen LogP contribution in [0.25, 0.3) is 5.65 Å². The second kappa shape index (κ2) is 4.80. The van der Waals surface area contributed by atoms with Gasteiger partial charge in [-0.2, -0.15) is 4.52 Å². The lowest BCUT2D eigenvalue weighted by molar-refractivity contribution is 0.631. The van der Waals surface area contributed by atoms with Gasteiger partial charge in [0, 0.05) is 14.1 Å². The molecule has 2 aromatic heterocycles. The van der Waals surface area contributed by atoms with Gasteiger partial charge in [0.1, 0.15) is 11.6 Å². The minimum Gasteiger partial charge on any atom is -0.361 e. The zero-order valence-corrected chi connectivity index (χ0v) is 11.2. The zero-order chi connectivity index (χ0) is 14.1. The number of imidazole rings is 1.